The van der Waals surface area contributed by atoms with Gasteiger partial charge in [-0.15, -0.1) is 0 Å². The molecule has 1 aromatic carbocycles. The van der Waals surface area contributed by atoms with Gasteiger partial charge < -0.3 is 16.2 Å². The Morgan fingerprint density at radius 3 is 2.83 bits per heavy atom. The molecule has 0 bridgehead atoms. The van der Waals surface area contributed by atoms with E-state index < -0.39 is 0 Å². The minimum atomic E-state index is -0.0847. The van der Waals surface area contributed by atoms with Crippen molar-refractivity contribution < 1.29 is 4.74 Å². The summed E-state index contributed by atoms with van der Waals surface area (Å²) < 4.78 is 4.93. The monoisotopic (exact) mass is 166 g/mol. The van der Waals surface area contributed by atoms with E-state index in [2.05, 4.69) is 0 Å². The molecule has 12 heavy (non-hydrogen) atoms. The summed E-state index contributed by atoms with van der Waals surface area (Å²) >= 11 is 0. The quantitative estimate of drug-likeness (QED) is 0.656. The molecule has 1 rings (SSSR count). The molecule has 0 saturated heterocycles. The molecule has 0 saturated carbocycles. The molecule has 0 unspecified atom stereocenters. The molecular formula is C9H14N2O. The van der Waals surface area contributed by atoms with Crippen LogP contribution in [-0.2, 0) is 4.74 Å². The van der Waals surface area contributed by atoms with Crippen molar-refractivity contribution in [3.8, 4) is 0 Å². The summed E-state index contributed by atoms with van der Waals surface area (Å²) in [5, 5.41) is 0. The summed E-state index contributed by atoms with van der Waals surface area (Å²) in [6.07, 6.45) is 0. The van der Waals surface area contributed by atoms with Crippen molar-refractivity contribution >= 4 is 5.69 Å². The lowest BCUT2D eigenvalue weighted by Gasteiger charge is -2.10. The fourth-order valence-corrected chi connectivity index (χ4v) is 1.07. The molecule has 3 heteroatoms. The molecule has 0 fully saturated rings. The van der Waals surface area contributed by atoms with Crippen molar-refractivity contribution in [1.82, 2.24) is 0 Å². The van der Waals surface area contributed by atoms with E-state index in [4.69, 9.17) is 16.2 Å². The van der Waals surface area contributed by atoms with Gasteiger partial charge in [0.25, 0.3) is 0 Å². The van der Waals surface area contributed by atoms with Gasteiger partial charge in [-0.25, -0.2) is 0 Å². The summed E-state index contributed by atoms with van der Waals surface area (Å²) in [4.78, 5) is 0. The topological polar surface area (TPSA) is 61.3 Å². The van der Waals surface area contributed by atoms with Crippen LogP contribution in [-0.4, -0.2) is 13.7 Å². The average Bonchev–Trinajstić information content (AvgIpc) is 2.05. The highest BCUT2D eigenvalue weighted by molar-refractivity contribution is 5.41. The minimum absolute atomic E-state index is 0.0847. The molecule has 0 aliphatic heterocycles. The normalized spacial score (nSPS) is 12.8. The third-order valence-corrected chi connectivity index (χ3v) is 1.69. The maximum Gasteiger partial charge on any atom is 0.0655 e. The van der Waals surface area contributed by atoms with Crippen LogP contribution in [0.2, 0.25) is 0 Å². The van der Waals surface area contributed by atoms with Crippen LogP contribution < -0.4 is 11.5 Å². The summed E-state index contributed by atoms with van der Waals surface area (Å²) in [6, 6.07) is 7.45. The number of rotatable bonds is 3. The molecule has 4 N–H and O–H groups in total. The van der Waals surface area contributed by atoms with E-state index in [0.29, 0.717) is 6.61 Å². The van der Waals surface area contributed by atoms with Gasteiger partial charge in [-0.1, -0.05) is 12.1 Å². The molecule has 0 amide bonds. The zero-order valence-electron chi connectivity index (χ0n) is 7.16. The molecule has 0 spiro atoms. The zero-order chi connectivity index (χ0) is 8.97. The van der Waals surface area contributed by atoms with Crippen molar-refractivity contribution in [2.45, 2.75) is 6.04 Å². The second-order valence-corrected chi connectivity index (χ2v) is 2.73. The Morgan fingerprint density at radius 2 is 2.25 bits per heavy atom. The first-order chi connectivity index (χ1) is 5.74. The fourth-order valence-electron chi connectivity index (χ4n) is 1.07. The Bertz CT molecular complexity index is 250. The number of methoxy groups -OCH3 is 1. The molecule has 0 radical (unpaired) electrons. The highest BCUT2D eigenvalue weighted by Gasteiger charge is 2.04. The van der Waals surface area contributed by atoms with Crippen LogP contribution in [0.4, 0.5) is 5.69 Å². The molecule has 1 atom stereocenters. The Morgan fingerprint density at radius 1 is 1.50 bits per heavy atom. The van der Waals surface area contributed by atoms with Crippen LogP contribution in [0, 0.1) is 0 Å². The average molecular weight is 166 g/mol. The molecule has 0 aromatic heterocycles. The second kappa shape index (κ2) is 4.09. The maximum absolute atomic E-state index is 5.79. The number of nitrogen functional groups attached to an aromatic ring is 1. The van der Waals surface area contributed by atoms with Crippen LogP contribution in [0.5, 0.6) is 0 Å². The van der Waals surface area contributed by atoms with Crippen LogP contribution >= 0.6 is 0 Å². The van der Waals surface area contributed by atoms with E-state index in [1.807, 2.05) is 24.3 Å². The Hall–Kier alpha value is -1.06. The minimum Gasteiger partial charge on any atom is -0.399 e. The lowest BCUT2D eigenvalue weighted by atomic mass is 10.1. The number of benzene rings is 1. The highest BCUT2D eigenvalue weighted by atomic mass is 16.5. The Labute approximate surface area is 72.3 Å². The fraction of sp³-hybridized carbons (Fsp3) is 0.333. The molecular weight excluding hydrogens is 152 g/mol. The Kier molecular flexibility index (Phi) is 3.08. The predicted molar refractivity (Wildman–Crippen MR) is 49.7 cm³/mol. The van der Waals surface area contributed by atoms with Crippen molar-refractivity contribution in [2.24, 2.45) is 5.73 Å². The van der Waals surface area contributed by atoms with Gasteiger partial charge in [0.05, 0.1) is 12.6 Å². The summed E-state index contributed by atoms with van der Waals surface area (Å²) in [7, 11) is 1.63. The Balaban J connectivity index is 2.73. The lowest BCUT2D eigenvalue weighted by molar-refractivity contribution is 0.181. The smallest absolute Gasteiger partial charge is 0.0655 e. The number of nitrogens with two attached hydrogens (primary N) is 2. The summed E-state index contributed by atoms with van der Waals surface area (Å²) in [6.45, 7) is 0.517. The summed E-state index contributed by atoms with van der Waals surface area (Å²) in [5.74, 6) is 0. The maximum atomic E-state index is 5.79. The first kappa shape index (κ1) is 9.03. The largest absolute Gasteiger partial charge is 0.399 e. The molecule has 3 nitrogen and oxygen atoms in total. The molecule has 66 valence electrons. The van der Waals surface area contributed by atoms with Gasteiger partial charge in [-0.3, -0.25) is 0 Å². The lowest BCUT2D eigenvalue weighted by Crippen LogP contribution is -2.16. The molecule has 0 aliphatic carbocycles. The van der Waals surface area contributed by atoms with Crippen molar-refractivity contribution in [3.63, 3.8) is 0 Å². The van der Waals surface area contributed by atoms with Gasteiger partial charge in [0.1, 0.15) is 0 Å². The van der Waals surface area contributed by atoms with Crippen molar-refractivity contribution in [1.29, 1.82) is 0 Å². The molecule has 0 aliphatic rings. The van der Waals surface area contributed by atoms with E-state index in [1.165, 1.54) is 0 Å². The van der Waals surface area contributed by atoms with Gasteiger partial charge >= 0.3 is 0 Å². The van der Waals surface area contributed by atoms with E-state index in [0.717, 1.165) is 11.3 Å². The van der Waals surface area contributed by atoms with Gasteiger partial charge in [0.15, 0.2) is 0 Å². The van der Waals surface area contributed by atoms with Gasteiger partial charge in [0, 0.05) is 12.8 Å². The third-order valence-electron chi connectivity index (χ3n) is 1.69. The summed E-state index contributed by atoms with van der Waals surface area (Å²) in [5.41, 5.74) is 13.1. The van der Waals surface area contributed by atoms with Gasteiger partial charge in [0.2, 0.25) is 0 Å². The molecule has 0 heterocycles. The number of ether oxygens (including phenoxy) is 1. The second-order valence-electron chi connectivity index (χ2n) is 2.73. The number of anilines is 1. The van der Waals surface area contributed by atoms with Crippen molar-refractivity contribution in [2.75, 3.05) is 19.5 Å². The van der Waals surface area contributed by atoms with E-state index in [9.17, 15) is 0 Å². The standard InChI is InChI=1S/C9H14N2O/c1-12-6-9(11)7-3-2-4-8(10)5-7/h2-5,9H,6,10-11H2,1H3/t9-/m1/s1. The SMILES string of the molecule is COC[C@@H](N)c1cccc(N)c1. The van der Waals surface area contributed by atoms with E-state index in [-0.39, 0.29) is 6.04 Å². The third kappa shape index (κ3) is 2.22. The molecule has 1 aromatic rings. The first-order valence-corrected chi connectivity index (χ1v) is 3.84. The number of hydrogen-bond donors (Lipinski definition) is 2. The predicted octanol–water partition coefficient (Wildman–Crippen LogP) is 0.915. The zero-order valence-corrected chi connectivity index (χ0v) is 7.16. The first-order valence-electron chi connectivity index (χ1n) is 3.84. The van der Waals surface area contributed by atoms with Crippen molar-refractivity contribution in [3.05, 3.63) is 29.8 Å². The van der Waals surface area contributed by atoms with Crippen LogP contribution in [0.25, 0.3) is 0 Å². The van der Waals surface area contributed by atoms with Crippen LogP contribution in [0.3, 0.4) is 0 Å². The van der Waals surface area contributed by atoms with E-state index in [1.54, 1.807) is 7.11 Å². The van der Waals surface area contributed by atoms with Crippen LogP contribution in [0.1, 0.15) is 11.6 Å². The highest BCUT2D eigenvalue weighted by Crippen LogP contribution is 2.13. The van der Waals surface area contributed by atoms with Gasteiger partial charge in [-0.05, 0) is 17.7 Å². The number of hydrogen-bond acceptors (Lipinski definition) is 3. The van der Waals surface area contributed by atoms with E-state index >= 15 is 0 Å². The van der Waals surface area contributed by atoms with Crippen LogP contribution in [0.15, 0.2) is 24.3 Å². The van der Waals surface area contributed by atoms with Gasteiger partial charge in [-0.2, -0.15) is 0 Å².